The fraction of sp³-hybridized carbons (Fsp3) is 0.300. The third kappa shape index (κ3) is 5.37. The van der Waals surface area contributed by atoms with Crippen LogP contribution < -0.4 is 0 Å². The molecule has 0 N–H and O–H groups in total. The Morgan fingerprint density at radius 2 is 1.74 bits per heavy atom. The van der Waals surface area contributed by atoms with Crippen molar-refractivity contribution in [3.8, 4) is 0 Å². The summed E-state index contributed by atoms with van der Waals surface area (Å²) in [6, 6.07) is 8.01. The molecular weight excluding hydrogens is 350 g/mol. The molecule has 7 nitrogen and oxygen atoms in total. The molecular formula is C20H21NO6. The van der Waals surface area contributed by atoms with E-state index >= 15 is 0 Å². The monoisotopic (exact) mass is 371 g/mol. The lowest BCUT2D eigenvalue weighted by Gasteiger charge is -2.25. The van der Waals surface area contributed by atoms with Crippen molar-refractivity contribution in [1.29, 1.82) is 0 Å². The van der Waals surface area contributed by atoms with Gasteiger partial charge in [-0.1, -0.05) is 36.4 Å². The van der Waals surface area contributed by atoms with Crippen molar-refractivity contribution in [2.45, 2.75) is 25.0 Å². The van der Waals surface area contributed by atoms with Gasteiger partial charge in [0, 0.05) is 14.1 Å². The first kappa shape index (κ1) is 20.1. The number of ether oxygens (including phenoxy) is 2. The van der Waals surface area contributed by atoms with Gasteiger partial charge in [-0.2, -0.15) is 0 Å². The number of carbonyl (C=O) groups excluding carboxylic acids is 4. The predicted octanol–water partition coefficient (Wildman–Crippen LogP) is 1.69. The minimum atomic E-state index is -1.58. The molecule has 2 atom stereocenters. The first-order valence-corrected chi connectivity index (χ1v) is 8.44. The zero-order chi connectivity index (χ0) is 19.8. The van der Waals surface area contributed by atoms with Crippen molar-refractivity contribution in [2.24, 2.45) is 0 Å². The van der Waals surface area contributed by atoms with Gasteiger partial charge >= 0.3 is 11.9 Å². The van der Waals surface area contributed by atoms with Crippen molar-refractivity contribution < 1.29 is 28.7 Å². The van der Waals surface area contributed by atoms with Crippen LogP contribution in [0.15, 0.2) is 54.1 Å². The number of nitrogens with zero attached hydrogens (tertiary/aromatic N) is 1. The van der Waals surface area contributed by atoms with Crippen molar-refractivity contribution in [3.05, 3.63) is 59.7 Å². The Balaban J connectivity index is 2.19. The van der Waals surface area contributed by atoms with E-state index in [2.05, 4.69) is 0 Å². The SMILES string of the molecule is CN(C)C(=O)C(OC(=O)C1=CCCC=C1)C(C=O)OC(=O)c1ccccc1. The molecule has 1 aromatic carbocycles. The van der Waals surface area contributed by atoms with Gasteiger partial charge in [-0.15, -0.1) is 0 Å². The van der Waals surface area contributed by atoms with Crippen molar-refractivity contribution >= 4 is 24.1 Å². The lowest BCUT2D eigenvalue weighted by Crippen LogP contribution is -2.47. The van der Waals surface area contributed by atoms with E-state index in [1.807, 2.05) is 6.08 Å². The van der Waals surface area contributed by atoms with Gasteiger partial charge in [-0.3, -0.25) is 9.59 Å². The summed E-state index contributed by atoms with van der Waals surface area (Å²) >= 11 is 0. The van der Waals surface area contributed by atoms with E-state index < -0.39 is 30.1 Å². The van der Waals surface area contributed by atoms with Gasteiger partial charge in [-0.05, 0) is 25.0 Å². The Kier molecular flexibility index (Phi) is 7.05. The second kappa shape index (κ2) is 9.47. The van der Waals surface area contributed by atoms with Gasteiger partial charge < -0.3 is 14.4 Å². The molecule has 1 amide bonds. The molecule has 1 aliphatic carbocycles. The zero-order valence-corrected chi connectivity index (χ0v) is 15.2. The number of esters is 2. The third-order valence-corrected chi connectivity index (χ3v) is 3.83. The Morgan fingerprint density at radius 1 is 1.04 bits per heavy atom. The number of aldehydes is 1. The maximum absolute atomic E-state index is 12.4. The van der Waals surface area contributed by atoms with Crippen LogP contribution in [-0.4, -0.2) is 55.3 Å². The van der Waals surface area contributed by atoms with Crippen LogP contribution in [0.4, 0.5) is 0 Å². The maximum atomic E-state index is 12.4. The van der Waals surface area contributed by atoms with E-state index in [4.69, 9.17) is 9.47 Å². The molecule has 27 heavy (non-hydrogen) atoms. The standard InChI is InChI=1S/C20H21NO6/c1-21(2)18(23)17(27-20(25)15-11-7-4-8-12-15)16(13-22)26-19(24)14-9-5-3-6-10-14/h3,5-7,9-13,16-17H,4,8H2,1-2H3. The Hall–Kier alpha value is -3.22. The molecule has 1 aliphatic rings. The van der Waals surface area contributed by atoms with Gasteiger partial charge in [-0.25, -0.2) is 9.59 Å². The van der Waals surface area contributed by atoms with Crippen LogP contribution in [0.25, 0.3) is 0 Å². The average Bonchev–Trinajstić information content (AvgIpc) is 2.70. The molecule has 0 saturated carbocycles. The number of hydrogen-bond acceptors (Lipinski definition) is 6. The zero-order valence-electron chi connectivity index (χ0n) is 15.2. The lowest BCUT2D eigenvalue weighted by molar-refractivity contribution is -0.164. The van der Waals surface area contributed by atoms with Crippen LogP contribution in [0, 0.1) is 0 Å². The topological polar surface area (TPSA) is 90.0 Å². The first-order chi connectivity index (χ1) is 12.9. The molecule has 0 fully saturated rings. The normalized spacial score (nSPS) is 15.1. The van der Waals surface area contributed by atoms with Gasteiger partial charge in [0.25, 0.3) is 5.91 Å². The summed E-state index contributed by atoms with van der Waals surface area (Å²) in [5.41, 5.74) is 0.501. The van der Waals surface area contributed by atoms with E-state index in [9.17, 15) is 19.2 Å². The molecule has 0 bridgehead atoms. The molecule has 142 valence electrons. The lowest BCUT2D eigenvalue weighted by atomic mass is 10.1. The number of hydrogen-bond donors (Lipinski definition) is 0. The van der Waals surface area contributed by atoms with E-state index in [0.29, 0.717) is 6.42 Å². The number of carbonyl (C=O) groups is 4. The van der Waals surface area contributed by atoms with Crippen LogP contribution >= 0.6 is 0 Å². The fourth-order valence-electron chi connectivity index (χ4n) is 2.39. The Labute approximate surface area is 157 Å². The molecule has 0 saturated heterocycles. The highest BCUT2D eigenvalue weighted by atomic mass is 16.6. The van der Waals surface area contributed by atoms with Crippen molar-refractivity contribution in [3.63, 3.8) is 0 Å². The smallest absolute Gasteiger partial charge is 0.338 e. The molecule has 7 heteroatoms. The molecule has 0 spiro atoms. The van der Waals surface area contributed by atoms with Gasteiger partial charge in [0.15, 0.2) is 6.29 Å². The van der Waals surface area contributed by atoms with E-state index in [1.54, 1.807) is 30.4 Å². The van der Waals surface area contributed by atoms with Crippen LogP contribution in [0.1, 0.15) is 23.2 Å². The van der Waals surface area contributed by atoms with Gasteiger partial charge in [0.2, 0.25) is 12.2 Å². The van der Waals surface area contributed by atoms with Gasteiger partial charge in [0.1, 0.15) is 0 Å². The van der Waals surface area contributed by atoms with Crippen LogP contribution in [0.5, 0.6) is 0 Å². The largest absolute Gasteiger partial charge is 0.446 e. The maximum Gasteiger partial charge on any atom is 0.338 e. The number of allylic oxidation sites excluding steroid dienone is 2. The highest BCUT2D eigenvalue weighted by molar-refractivity contribution is 5.96. The number of benzene rings is 1. The van der Waals surface area contributed by atoms with Gasteiger partial charge in [0.05, 0.1) is 11.1 Å². The number of rotatable bonds is 7. The molecule has 2 rings (SSSR count). The number of likely N-dealkylation sites (N-methyl/N-ethyl adjacent to an activating group) is 1. The number of amides is 1. The fourth-order valence-corrected chi connectivity index (χ4v) is 2.39. The summed E-state index contributed by atoms with van der Waals surface area (Å²) < 4.78 is 10.4. The van der Waals surface area contributed by atoms with Crippen LogP contribution in [0.2, 0.25) is 0 Å². The van der Waals surface area contributed by atoms with Crippen LogP contribution in [-0.2, 0) is 23.9 Å². The predicted molar refractivity (Wildman–Crippen MR) is 96.7 cm³/mol. The Bertz CT molecular complexity index is 766. The highest BCUT2D eigenvalue weighted by Crippen LogP contribution is 2.16. The molecule has 0 aliphatic heterocycles. The summed E-state index contributed by atoms with van der Waals surface area (Å²) in [4.78, 5) is 49.7. The quantitative estimate of drug-likeness (QED) is 0.535. The minimum Gasteiger partial charge on any atom is -0.446 e. The van der Waals surface area contributed by atoms with Crippen molar-refractivity contribution in [2.75, 3.05) is 14.1 Å². The third-order valence-electron chi connectivity index (χ3n) is 3.83. The second-order valence-electron chi connectivity index (χ2n) is 6.07. The minimum absolute atomic E-state index is 0.213. The summed E-state index contributed by atoms with van der Waals surface area (Å²) in [5, 5.41) is 0. The molecule has 0 heterocycles. The average molecular weight is 371 g/mol. The van der Waals surface area contributed by atoms with E-state index in [-0.39, 0.29) is 17.4 Å². The molecule has 2 unspecified atom stereocenters. The summed E-state index contributed by atoms with van der Waals surface area (Å²) in [5.74, 6) is -2.22. The molecule has 1 aromatic rings. The van der Waals surface area contributed by atoms with E-state index in [1.165, 1.54) is 26.2 Å². The second-order valence-corrected chi connectivity index (χ2v) is 6.07. The molecule has 0 radical (unpaired) electrons. The summed E-state index contributed by atoms with van der Waals surface area (Å²) in [7, 11) is 2.90. The Morgan fingerprint density at radius 3 is 2.30 bits per heavy atom. The summed E-state index contributed by atoms with van der Waals surface area (Å²) in [6.45, 7) is 0. The first-order valence-electron chi connectivity index (χ1n) is 8.44. The van der Waals surface area contributed by atoms with Crippen molar-refractivity contribution in [1.82, 2.24) is 4.90 Å². The summed E-state index contributed by atoms with van der Waals surface area (Å²) in [6.07, 6.45) is 3.71. The highest BCUT2D eigenvalue weighted by Gasteiger charge is 2.36. The molecule has 0 aromatic heterocycles. The van der Waals surface area contributed by atoms with E-state index in [0.717, 1.165) is 11.3 Å². The van der Waals surface area contributed by atoms with Crippen LogP contribution in [0.3, 0.4) is 0 Å².